The molecular weight excluding hydrogens is 224 g/mol. The zero-order chi connectivity index (χ0) is 12.6. The summed E-state index contributed by atoms with van der Waals surface area (Å²) in [5, 5.41) is 0.316. The zero-order valence-electron chi connectivity index (χ0n) is 9.34. The van der Waals surface area contributed by atoms with Crippen LogP contribution in [0, 0.1) is 0 Å². The lowest BCUT2D eigenvalue weighted by molar-refractivity contribution is -0.142. The van der Waals surface area contributed by atoms with Crippen LogP contribution in [0.5, 0.6) is 0 Å². The van der Waals surface area contributed by atoms with E-state index in [4.69, 9.17) is 0 Å². The Hall–Kier alpha value is -2.37. The third-order valence-electron chi connectivity index (χ3n) is 2.36. The molecule has 0 saturated carbocycles. The number of nitrogens with zero attached hydrogens (tertiary/aromatic N) is 2. The molecule has 0 fully saturated rings. The lowest BCUT2D eigenvalue weighted by Gasteiger charge is -2.08. The highest BCUT2D eigenvalue weighted by molar-refractivity contribution is 5.77. The van der Waals surface area contributed by atoms with E-state index >= 15 is 0 Å². The molecule has 2 aromatic rings. The summed E-state index contributed by atoms with van der Waals surface area (Å²) in [6.45, 7) is 1.13. The van der Waals surface area contributed by atoms with E-state index in [1.165, 1.54) is 11.6 Å². The highest BCUT2D eigenvalue weighted by atomic mass is 16.7. The summed E-state index contributed by atoms with van der Waals surface area (Å²) in [5.74, 6) is -0.723. The number of benzene rings is 1. The SMILES string of the molecule is CC(=O)On1c(=O)c2ccccc2n(C)c1=O. The number of fused-ring (bicyclic) bond motifs is 1. The number of carbonyl (C=O) groups excluding carboxylic acids is 1. The van der Waals surface area contributed by atoms with Gasteiger partial charge < -0.3 is 4.84 Å². The van der Waals surface area contributed by atoms with E-state index in [9.17, 15) is 14.4 Å². The summed E-state index contributed by atoms with van der Waals surface area (Å²) in [6, 6.07) is 6.61. The fourth-order valence-electron chi connectivity index (χ4n) is 1.59. The van der Waals surface area contributed by atoms with Gasteiger partial charge in [-0.3, -0.25) is 9.36 Å². The van der Waals surface area contributed by atoms with Crippen molar-refractivity contribution in [3.05, 3.63) is 45.1 Å². The molecule has 6 nitrogen and oxygen atoms in total. The van der Waals surface area contributed by atoms with Crippen LogP contribution in [0.15, 0.2) is 33.9 Å². The molecule has 2 rings (SSSR count). The molecule has 0 radical (unpaired) electrons. The van der Waals surface area contributed by atoms with E-state index in [-0.39, 0.29) is 0 Å². The lowest BCUT2D eigenvalue weighted by Crippen LogP contribution is -2.44. The summed E-state index contributed by atoms with van der Waals surface area (Å²) in [6.07, 6.45) is 0. The molecule has 0 bridgehead atoms. The second-order valence-electron chi connectivity index (χ2n) is 3.54. The summed E-state index contributed by atoms with van der Waals surface area (Å²) >= 11 is 0. The topological polar surface area (TPSA) is 70.3 Å². The average molecular weight is 234 g/mol. The van der Waals surface area contributed by atoms with Crippen LogP contribution < -0.4 is 16.1 Å². The molecule has 1 aromatic carbocycles. The Morgan fingerprint density at radius 2 is 1.88 bits per heavy atom. The van der Waals surface area contributed by atoms with E-state index in [1.54, 1.807) is 24.3 Å². The molecule has 0 atom stereocenters. The molecule has 6 heteroatoms. The quantitative estimate of drug-likeness (QED) is 0.677. The summed E-state index contributed by atoms with van der Waals surface area (Å²) in [4.78, 5) is 39.1. The minimum absolute atomic E-state index is 0.316. The molecule has 0 saturated heterocycles. The van der Waals surface area contributed by atoms with Gasteiger partial charge in [-0.05, 0) is 12.1 Å². The van der Waals surface area contributed by atoms with Crippen LogP contribution >= 0.6 is 0 Å². The first-order valence-electron chi connectivity index (χ1n) is 4.92. The third-order valence-corrected chi connectivity index (χ3v) is 2.36. The number of para-hydroxylation sites is 1. The lowest BCUT2D eigenvalue weighted by atomic mass is 10.2. The van der Waals surface area contributed by atoms with Crippen LogP contribution in [0.1, 0.15) is 6.92 Å². The molecule has 0 aliphatic carbocycles. The first-order valence-corrected chi connectivity index (χ1v) is 4.92. The maximum atomic E-state index is 11.9. The Morgan fingerprint density at radius 3 is 2.53 bits per heavy atom. The number of hydrogen-bond donors (Lipinski definition) is 0. The summed E-state index contributed by atoms with van der Waals surface area (Å²) < 4.78 is 1.71. The van der Waals surface area contributed by atoms with Crippen molar-refractivity contribution in [2.75, 3.05) is 0 Å². The van der Waals surface area contributed by atoms with E-state index in [2.05, 4.69) is 4.84 Å². The van der Waals surface area contributed by atoms with E-state index in [0.717, 1.165) is 6.92 Å². The average Bonchev–Trinajstić information content (AvgIpc) is 2.31. The molecule has 0 N–H and O–H groups in total. The van der Waals surface area contributed by atoms with Crippen molar-refractivity contribution < 1.29 is 9.63 Å². The molecule has 88 valence electrons. The summed E-state index contributed by atoms with van der Waals surface area (Å²) in [5.41, 5.74) is -0.839. The molecule has 0 aliphatic rings. The van der Waals surface area contributed by atoms with Gasteiger partial charge in [0.05, 0.1) is 10.9 Å². The normalized spacial score (nSPS) is 10.5. The third kappa shape index (κ3) is 1.73. The smallest absolute Gasteiger partial charge is 0.329 e. The van der Waals surface area contributed by atoms with Gasteiger partial charge in [-0.1, -0.05) is 16.9 Å². The van der Waals surface area contributed by atoms with Crippen molar-refractivity contribution in [3.8, 4) is 0 Å². The Kier molecular flexibility index (Phi) is 2.55. The van der Waals surface area contributed by atoms with Gasteiger partial charge in [0.1, 0.15) is 0 Å². The van der Waals surface area contributed by atoms with Gasteiger partial charge >= 0.3 is 11.7 Å². The molecule has 0 aliphatic heterocycles. The van der Waals surface area contributed by atoms with Gasteiger partial charge in [-0.15, -0.1) is 0 Å². The van der Waals surface area contributed by atoms with Crippen molar-refractivity contribution >= 4 is 16.9 Å². The first-order chi connectivity index (χ1) is 8.02. The van der Waals surface area contributed by atoms with Crippen molar-refractivity contribution in [2.24, 2.45) is 7.05 Å². The predicted octanol–water partition coefficient (Wildman–Crippen LogP) is -0.325. The maximum absolute atomic E-state index is 11.9. The first kappa shape index (κ1) is 11.1. The minimum atomic E-state index is -0.723. The van der Waals surface area contributed by atoms with Crippen LogP contribution in [0.25, 0.3) is 10.9 Å². The second-order valence-corrected chi connectivity index (χ2v) is 3.54. The fraction of sp³-hybridized carbons (Fsp3) is 0.182. The van der Waals surface area contributed by atoms with Gasteiger partial charge in [0.25, 0.3) is 5.56 Å². The van der Waals surface area contributed by atoms with E-state index < -0.39 is 17.2 Å². The number of rotatable bonds is 1. The van der Waals surface area contributed by atoms with E-state index in [1.807, 2.05) is 0 Å². The molecule has 1 heterocycles. The molecular formula is C11H10N2O4. The number of carbonyl (C=O) groups is 1. The van der Waals surface area contributed by atoms with Gasteiger partial charge in [-0.25, -0.2) is 9.59 Å². The van der Waals surface area contributed by atoms with Crippen LogP contribution in [0.2, 0.25) is 0 Å². The zero-order valence-corrected chi connectivity index (χ0v) is 9.34. The standard InChI is InChI=1S/C11H10N2O4/c1-7(14)17-13-10(15)8-5-3-4-6-9(8)12(2)11(13)16/h3-6H,1-2H3. The highest BCUT2D eigenvalue weighted by Crippen LogP contribution is 2.04. The second kappa shape index (κ2) is 3.89. The monoisotopic (exact) mass is 234 g/mol. The predicted molar refractivity (Wildman–Crippen MR) is 60.7 cm³/mol. The summed E-state index contributed by atoms with van der Waals surface area (Å²) in [7, 11) is 1.50. The molecule has 0 unspecified atom stereocenters. The van der Waals surface area contributed by atoms with Crippen LogP contribution in [0.3, 0.4) is 0 Å². The Balaban J connectivity index is 2.92. The molecule has 1 aromatic heterocycles. The van der Waals surface area contributed by atoms with Crippen LogP contribution in [0.4, 0.5) is 0 Å². The molecule has 0 amide bonds. The fourth-order valence-corrected chi connectivity index (χ4v) is 1.59. The van der Waals surface area contributed by atoms with Crippen molar-refractivity contribution in [1.82, 2.24) is 9.30 Å². The Morgan fingerprint density at radius 1 is 1.24 bits per heavy atom. The maximum Gasteiger partial charge on any atom is 0.365 e. The van der Waals surface area contributed by atoms with Crippen molar-refractivity contribution in [3.63, 3.8) is 0 Å². The number of aromatic nitrogens is 2. The van der Waals surface area contributed by atoms with Crippen molar-refractivity contribution in [1.29, 1.82) is 0 Å². The number of hydrogen-bond acceptors (Lipinski definition) is 4. The van der Waals surface area contributed by atoms with Gasteiger partial charge in [0.2, 0.25) is 0 Å². The largest absolute Gasteiger partial charge is 0.365 e. The molecule has 17 heavy (non-hydrogen) atoms. The van der Waals surface area contributed by atoms with Crippen molar-refractivity contribution in [2.45, 2.75) is 6.92 Å². The molecule has 0 spiro atoms. The van der Waals surface area contributed by atoms with Gasteiger partial charge in [0.15, 0.2) is 0 Å². The van der Waals surface area contributed by atoms with Crippen LogP contribution in [-0.4, -0.2) is 15.3 Å². The van der Waals surface area contributed by atoms with Gasteiger partial charge in [0, 0.05) is 14.0 Å². The Bertz CT molecular complexity index is 711. The van der Waals surface area contributed by atoms with Crippen LogP contribution in [-0.2, 0) is 11.8 Å². The van der Waals surface area contributed by atoms with Gasteiger partial charge in [-0.2, -0.15) is 0 Å². The highest BCUT2D eigenvalue weighted by Gasteiger charge is 2.12. The Labute approximate surface area is 95.6 Å². The van der Waals surface area contributed by atoms with E-state index in [0.29, 0.717) is 15.6 Å². The minimum Gasteiger partial charge on any atom is -0.329 e. The number of aryl methyl sites for hydroxylation is 1.